The molecule has 0 saturated carbocycles. The number of hydrogen-bond donors (Lipinski definition) is 4. The van der Waals surface area contributed by atoms with Gasteiger partial charge in [0.15, 0.2) is 18.5 Å². The average Bonchev–Trinajstić information content (AvgIpc) is 3.28. The van der Waals surface area contributed by atoms with Gasteiger partial charge in [-0.05, 0) is 51.4 Å². The normalized spacial score (nSPS) is 19.8. The quantitative estimate of drug-likeness (QED) is 0.0261. The lowest BCUT2D eigenvalue weighted by molar-refractivity contribution is -0.298. The highest BCUT2D eigenvalue weighted by molar-refractivity contribution is 5.73. The maximum Gasteiger partial charge on any atom is 0.335 e. The minimum Gasteiger partial charge on any atom is -0.479 e. The van der Waals surface area contributed by atoms with Gasteiger partial charge in [0.25, 0.3) is 0 Å². The second-order valence-electron chi connectivity index (χ2n) is 17.3. The molecule has 1 aliphatic rings. The fourth-order valence-electron chi connectivity index (χ4n) is 7.45. The van der Waals surface area contributed by atoms with E-state index in [0.717, 1.165) is 51.4 Å². The molecule has 4 N–H and O–H groups in total. The summed E-state index contributed by atoms with van der Waals surface area (Å²) in [7, 11) is 0. The second-order valence-corrected chi connectivity index (χ2v) is 17.3. The maximum atomic E-state index is 12.8. The zero-order chi connectivity index (χ0) is 46.7. The monoisotopic (exact) mass is 903 g/mol. The summed E-state index contributed by atoms with van der Waals surface area (Å²) in [6.45, 7) is 3.67. The highest BCUT2D eigenvalue weighted by Gasteiger charge is 2.47. The lowest BCUT2D eigenvalue weighted by Gasteiger charge is -2.38. The molecule has 1 fully saturated rings. The van der Waals surface area contributed by atoms with Gasteiger partial charge in [0.2, 0.25) is 0 Å². The highest BCUT2D eigenvalue weighted by atomic mass is 16.7. The van der Waals surface area contributed by atoms with Crippen LogP contribution in [0.2, 0.25) is 0 Å². The van der Waals surface area contributed by atoms with Crippen LogP contribution in [0.4, 0.5) is 0 Å². The summed E-state index contributed by atoms with van der Waals surface area (Å²) in [5.41, 5.74) is 0. The van der Waals surface area contributed by atoms with Crippen LogP contribution in [0.15, 0.2) is 60.8 Å². The zero-order valence-corrected chi connectivity index (χ0v) is 40.0. The van der Waals surface area contributed by atoms with Gasteiger partial charge in [-0.2, -0.15) is 0 Å². The summed E-state index contributed by atoms with van der Waals surface area (Å²) in [6.07, 6.45) is 44.2. The van der Waals surface area contributed by atoms with E-state index in [9.17, 15) is 34.8 Å². The largest absolute Gasteiger partial charge is 0.479 e. The van der Waals surface area contributed by atoms with Crippen molar-refractivity contribution in [2.24, 2.45) is 0 Å². The summed E-state index contributed by atoms with van der Waals surface area (Å²) in [4.78, 5) is 36.9. The van der Waals surface area contributed by atoms with Gasteiger partial charge >= 0.3 is 17.9 Å². The molecule has 11 heteroatoms. The Bertz CT molecular complexity index is 1290. The molecule has 0 aliphatic carbocycles. The van der Waals surface area contributed by atoms with Crippen molar-refractivity contribution in [3.63, 3.8) is 0 Å². The number of carbonyl (C=O) groups excluding carboxylic acids is 2. The van der Waals surface area contributed by atoms with Gasteiger partial charge in [0.1, 0.15) is 24.9 Å². The number of rotatable bonds is 42. The van der Waals surface area contributed by atoms with Crippen LogP contribution in [0.25, 0.3) is 0 Å². The fraction of sp³-hybridized carbons (Fsp3) is 0.755. The zero-order valence-electron chi connectivity index (χ0n) is 40.0. The standard InChI is InChI=1S/C53H90O11/c1-3-5-7-9-11-13-15-17-19-21-22-23-24-26-28-30-32-34-36-38-40-42-47(55)63-45(44-62-53-50(58)48(56)49(57)51(64-53)52(59)60)43-61-46(54)41-39-37-35-33-31-29-27-25-20-18-16-14-12-10-8-6-4-2/h6,8,12,14,18,20,27,29,33,35,45,48-51,53,56-58H,3-5,7,9-11,13,15-17,19,21-26,28,30-32,34,36-44H2,1-2H3,(H,59,60)/b8-6-,14-12-,20-18-,29-27-,35-33-. The van der Waals surface area contributed by atoms with E-state index >= 15 is 0 Å². The van der Waals surface area contributed by atoms with Crippen molar-refractivity contribution in [2.45, 2.75) is 243 Å². The predicted molar refractivity (Wildman–Crippen MR) is 257 cm³/mol. The number of allylic oxidation sites excluding steroid dienone is 10. The Hall–Kier alpha value is -3.09. The number of hydrogen-bond acceptors (Lipinski definition) is 10. The van der Waals surface area contributed by atoms with Crippen LogP contribution < -0.4 is 0 Å². The van der Waals surface area contributed by atoms with Crippen molar-refractivity contribution < 1.29 is 53.8 Å². The van der Waals surface area contributed by atoms with Crippen LogP contribution in [0.3, 0.4) is 0 Å². The molecular formula is C53H90O11. The topological polar surface area (TPSA) is 169 Å². The third kappa shape index (κ3) is 33.4. The third-order valence-corrected chi connectivity index (χ3v) is 11.4. The lowest BCUT2D eigenvalue weighted by atomic mass is 9.99. The number of aliphatic carboxylic acids is 1. The van der Waals surface area contributed by atoms with E-state index in [1.165, 1.54) is 109 Å². The Labute approximate surface area is 387 Å². The SMILES string of the molecule is CC/C=C\C/C=C\C/C=C\C/C=C\C/C=C\CCCC(=O)OCC(COC1OC(C(=O)O)C(O)C(O)C1O)OC(=O)CCCCCCCCCCCCCCCCCCCCCCC. The van der Waals surface area contributed by atoms with E-state index in [4.69, 9.17) is 18.9 Å². The lowest BCUT2D eigenvalue weighted by Crippen LogP contribution is -2.60. The number of esters is 2. The van der Waals surface area contributed by atoms with Crippen molar-refractivity contribution in [3.05, 3.63) is 60.8 Å². The van der Waals surface area contributed by atoms with Gasteiger partial charge in [-0.3, -0.25) is 9.59 Å². The molecule has 0 bridgehead atoms. The van der Waals surface area contributed by atoms with E-state index in [2.05, 4.69) is 68.5 Å². The van der Waals surface area contributed by atoms with Crippen molar-refractivity contribution in [3.8, 4) is 0 Å². The van der Waals surface area contributed by atoms with Gasteiger partial charge in [-0.1, -0.05) is 203 Å². The average molecular weight is 903 g/mol. The van der Waals surface area contributed by atoms with Crippen LogP contribution in [-0.4, -0.2) is 88.4 Å². The number of carbonyl (C=O) groups is 3. The van der Waals surface area contributed by atoms with Crippen LogP contribution >= 0.6 is 0 Å². The Morgan fingerprint density at radius 1 is 0.500 bits per heavy atom. The first kappa shape index (κ1) is 58.9. The van der Waals surface area contributed by atoms with Crippen molar-refractivity contribution in [2.75, 3.05) is 13.2 Å². The molecule has 1 heterocycles. The molecule has 1 rings (SSSR count). The first-order valence-corrected chi connectivity index (χ1v) is 25.3. The van der Waals surface area contributed by atoms with Crippen molar-refractivity contribution in [1.29, 1.82) is 0 Å². The molecule has 1 aliphatic heterocycles. The van der Waals surface area contributed by atoms with E-state index in [1.807, 2.05) is 6.08 Å². The molecule has 0 spiro atoms. The molecule has 6 atom stereocenters. The minimum absolute atomic E-state index is 0.157. The molecule has 1 saturated heterocycles. The molecule has 0 aromatic heterocycles. The Morgan fingerprint density at radius 3 is 1.38 bits per heavy atom. The van der Waals surface area contributed by atoms with Crippen LogP contribution in [0.5, 0.6) is 0 Å². The number of unbranched alkanes of at least 4 members (excludes halogenated alkanes) is 21. The number of aliphatic hydroxyl groups is 3. The van der Waals surface area contributed by atoms with Crippen LogP contribution in [-0.2, 0) is 33.3 Å². The predicted octanol–water partition coefficient (Wildman–Crippen LogP) is 11.9. The summed E-state index contributed by atoms with van der Waals surface area (Å²) >= 11 is 0. The third-order valence-electron chi connectivity index (χ3n) is 11.4. The summed E-state index contributed by atoms with van der Waals surface area (Å²) < 4.78 is 21.8. The first-order chi connectivity index (χ1) is 31.2. The number of carboxylic acid groups (broad SMARTS) is 1. The van der Waals surface area contributed by atoms with E-state index in [0.29, 0.717) is 19.3 Å². The molecule has 0 amide bonds. The second kappa shape index (κ2) is 42.5. The maximum absolute atomic E-state index is 12.8. The van der Waals surface area contributed by atoms with E-state index in [1.54, 1.807) is 0 Å². The number of ether oxygens (including phenoxy) is 4. The Balaban J connectivity index is 2.33. The summed E-state index contributed by atoms with van der Waals surface area (Å²) in [5.74, 6) is -2.51. The Kier molecular flexibility index (Phi) is 39.2. The van der Waals surface area contributed by atoms with Crippen molar-refractivity contribution in [1.82, 2.24) is 0 Å². The highest BCUT2D eigenvalue weighted by Crippen LogP contribution is 2.23. The fourth-order valence-corrected chi connectivity index (χ4v) is 7.45. The van der Waals surface area contributed by atoms with Crippen LogP contribution in [0, 0.1) is 0 Å². The minimum atomic E-state index is -1.87. The molecule has 0 aromatic carbocycles. The van der Waals surface area contributed by atoms with Gasteiger partial charge in [-0.15, -0.1) is 0 Å². The molecule has 0 radical (unpaired) electrons. The smallest absolute Gasteiger partial charge is 0.335 e. The van der Waals surface area contributed by atoms with Gasteiger partial charge in [-0.25, -0.2) is 4.79 Å². The number of carboxylic acids is 1. The molecular weight excluding hydrogens is 813 g/mol. The molecule has 6 unspecified atom stereocenters. The molecule has 368 valence electrons. The molecule has 64 heavy (non-hydrogen) atoms. The first-order valence-electron chi connectivity index (χ1n) is 25.3. The molecule has 11 nitrogen and oxygen atoms in total. The van der Waals surface area contributed by atoms with E-state index < -0.39 is 61.3 Å². The summed E-state index contributed by atoms with van der Waals surface area (Å²) in [5, 5.41) is 39.9. The van der Waals surface area contributed by atoms with E-state index in [-0.39, 0.29) is 19.4 Å². The summed E-state index contributed by atoms with van der Waals surface area (Å²) in [6, 6.07) is 0. The van der Waals surface area contributed by atoms with Gasteiger partial charge in [0, 0.05) is 12.8 Å². The van der Waals surface area contributed by atoms with Crippen molar-refractivity contribution >= 4 is 17.9 Å². The van der Waals surface area contributed by atoms with Gasteiger partial charge in [0.05, 0.1) is 6.61 Å². The number of aliphatic hydroxyl groups excluding tert-OH is 3. The Morgan fingerprint density at radius 2 is 0.922 bits per heavy atom. The van der Waals surface area contributed by atoms with Gasteiger partial charge < -0.3 is 39.4 Å². The molecule has 0 aromatic rings. The van der Waals surface area contributed by atoms with Crippen LogP contribution in [0.1, 0.15) is 206 Å².